The Labute approximate surface area is 179 Å². The van der Waals surface area contributed by atoms with Crippen LogP contribution in [0.1, 0.15) is 24.0 Å². The maximum absolute atomic E-state index is 12.8. The van der Waals surface area contributed by atoms with Gasteiger partial charge < -0.3 is 4.90 Å². The number of sulfonamides is 1. The first-order valence-electron chi connectivity index (χ1n) is 9.31. The zero-order chi connectivity index (χ0) is 21.0. The predicted octanol–water partition coefficient (Wildman–Crippen LogP) is 3.38. The fraction of sp³-hybridized carbons (Fsp3) is 0.333. The molecular weight excluding hydrogens is 454 g/mol. The molecule has 2 aromatic carbocycles. The molecule has 0 radical (unpaired) electrons. The number of rotatable bonds is 5. The van der Waals surface area contributed by atoms with Gasteiger partial charge in [-0.15, -0.1) is 0 Å². The Bertz CT molecular complexity index is 1010. The molecule has 0 atom stereocenters. The molecule has 152 valence electrons. The second-order valence-corrected chi connectivity index (χ2v) is 9.99. The molecule has 1 fully saturated rings. The molecule has 1 amide bonds. The molecule has 3 rings (SSSR count). The Morgan fingerprint density at radius 3 is 2.28 bits per heavy atom. The zero-order valence-corrected chi connectivity index (χ0v) is 18.5. The van der Waals surface area contributed by atoms with Crippen LogP contribution in [0.5, 0.6) is 0 Å². The van der Waals surface area contributed by atoms with E-state index in [1.54, 1.807) is 11.9 Å². The zero-order valence-electron chi connectivity index (χ0n) is 16.1. The summed E-state index contributed by atoms with van der Waals surface area (Å²) in [6.07, 6.45) is 0.998. The van der Waals surface area contributed by atoms with Crippen molar-refractivity contribution in [2.45, 2.75) is 24.3 Å². The molecular formula is C21H22BrN3O3S. The Morgan fingerprint density at radius 1 is 1.14 bits per heavy atom. The lowest BCUT2D eigenvalue weighted by Crippen LogP contribution is -2.43. The molecule has 1 heterocycles. The van der Waals surface area contributed by atoms with Gasteiger partial charge >= 0.3 is 0 Å². The SMILES string of the molecule is CN(Cc1ccc(Br)cc1)C(=O)C1CCN(S(=O)(=O)c2ccc(C#N)cc2)CC1. The van der Waals surface area contributed by atoms with E-state index in [9.17, 15) is 13.2 Å². The van der Waals surface area contributed by atoms with Crippen molar-refractivity contribution < 1.29 is 13.2 Å². The number of carbonyl (C=O) groups excluding carboxylic acids is 1. The second kappa shape index (κ2) is 9.08. The lowest BCUT2D eigenvalue weighted by molar-refractivity contribution is -0.135. The van der Waals surface area contributed by atoms with Crippen molar-refractivity contribution in [3.63, 3.8) is 0 Å². The normalized spacial score (nSPS) is 15.6. The number of benzene rings is 2. The third kappa shape index (κ3) is 5.04. The molecule has 0 spiro atoms. The van der Waals surface area contributed by atoms with Crippen LogP contribution in [0.15, 0.2) is 57.9 Å². The number of amides is 1. The summed E-state index contributed by atoms with van der Waals surface area (Å²) in [5.41, 5.74) is 1.46. The van der Waals surface area contributed by atoms with Gasteiger partial charge in [0.2, 0.25) is 15.9 Å². The largest absolute Gasteiger partial charge is 0.341 e. The fourth-order valence-electron chi connectivity index (χ4n) is 3.45. The van der Waals surface area contributed by atoms with E-state index in [1.165, 1.54) is 28.6 Å². The van der Waals surface area contributed by atoms with Crippen LogP contribution >= 0.6 is 15.9 Å². The summed E-state index contributed by atoms with van der Waals surface area (Å²) in [4.78, 5) is 14.7. The smallest absolute Gasteiger partial charge is 0.243 e. The van der Waals surface area contributed by atoms with Gasteiger partial charge in [-0.25, -0.2) is 8.42 Å². The topological polar surface area (TPSA) is 81.5 Å². The van der Waals surface area contributed by atoms with Crippen molar-refractivity contribution in [2.24, 2.45) is 5.92 Å². The number of hydrogen-bond donors (Lipinski definition) is 0. The molecule has 1 aliphatic rings. The van der Waals surface area contributed by atoms with Crippen molar-refractivity contribution in [3.05, 3.63) is 64.1 Å². The van der Waals surface area contributed by atoms with Crippen molar-refractivity contribution in [2.75, 3.05) is 20.1 Å². The summed E-state index contributed by atoms with van der Waals surface area (Å²) in [7, 11) is -1.83. The standard InChI is InChI=1S/C21H22BrN3O3S/c1-24(15-17-2-6-19(22)7-3-17)21(26)18-10-12-25(13-11-18)29(27,28)20-8-4-16(14-23)5-9-20/h2-9,18H,10-13,15H2,1H3. The Morgan fingerprint density at radius 2 is 1.72 bits per heavy atom. The Balaban J connectivity index is 1.59. The van der Waals surface area contributed by atoms with Gasteiger partial charge in [0.05, 0.1) is 16.5 Å². The van der Waals surface area contributed by atoms with Gasteiger partial charge in [0.15, 0.2) is 0 Å². The third-order valence-corrected chi connectivity index (χ3v) is 7.58. The first-order chi connectivity index (χ1) is 13.8. The van der Waals surface area contributed by atoms with Crippen molar-refractivity contribution in [1.82, 2.24) is 9.21 Å². The fourth-order valence-corrected chi connectivity index (χ4v) is 5.18. The van der Waals surface area contributed by atoms with E-state index in [0.717, 1.165) is 10.0 Å². The molecule has 29 heavy (non-hydrogen) atoms. The van der Waals surface area contributed by atoms with Crippen LogP contribution in [-0.2, 0) is 21.4 Å². The quantitative estimate of drug-likeness (QED) is 0.663. The van der Waals surface area contributed by atoms with Crippen LogP contribution in [0.25, 0.3) is 0 Å². The Kier molecular flexibility index (Phi) is 6.73. The van der Waals surface area contributed by atoms with E-state index in [1.807, 2.05) is 30.3 Å². The Hall–Kier alpha value is -2.21. The highest BCUT2D eigenvalue weighted by Gasteiger charge is 2.33. The maximum atomic E-state index is 12.8. The minimum absolute atomic E-state index is 0.0448. The highest BCUT2D eigenvalue weighted by molar-refractivity contribution is 9.10. The first kappa shape index (κ1) is 21.5. The summed E-state index contributed by atoms with van der Waals surface area (Å²) < 4.78 is 28.0. The molecule has 0 aliphatic carbocycles. The molecule has 1 aliphatic heterocycles. The molecule has 0 N–H and O–H groups in total. The van der Waals surface area contributed by atoms with Gasteiger partial charge in [0.25, 0.3) is 0 Å². The monoisotopic (exact) mass is 475 g/mol. The lowest BCUT2D eigenvalue weighted by Gasteiger charge is -2.32. The van der Waals surface area contributed by atoms with E-state index in [4.69, 9.17) is 5.26 Å². The van der Waals surface area contributed by atoms with Crippen LogP contribution in [0, 0.1) is 17.2 Å². The summed E-state index contributed by atoms with van der Waals surface area (Å²) in [5.74, 6) is -0.133. The molecule has 2 aromatic rings. The third-order valence-electron chi connectivity index (χ3n) is 5.13. The average Bonchev–Trinajstić information content (AvgIpc) is 2.75. The van der Waals surface area contributed by atoms with Gasteiger partial charge in [-0.1, -0.05) is 28.1 Å². The van der Waals surface area contributed by atoms with Gasteiger partial charge in [-0.3, -0.25) is 4.79 Å². The van der Waals surface area contributed by atoms with Crippen LogP contribution in [0.4, 0.5) is 0 Å². The van der Waals surface area contributed by atoms with E-state index < -0.39 is 10.0 Å². The van der Waals surface area contributed by atoms with Crippen LogP contribution in [0.3, 0.4) is 0 Å². The molecule has 8 heteroatoms. The minimum atomic E-state index is -3.61. The number of nitriles is 1. The van der Waals surface area contributed by atoms with Crippen molar-refractivity contribution in [1.29, 1.82) is 5.26 Å². The molecule has 0 aromatic heterocycles. The molecule has 6 nitrogen and oxygen atoms in total. The number of nitrogens with zero attached hydrogens (tertiary/aromatic N) is 3. The van der Waals surface area contributed by atoms with Crippen molar-refractivity contribution in [3.8, 4) is 6.07 Å². The second-order valence-electron chi connectivity index (χ2n) is 7.14. The van der Waals surface area contributed by atoms with Crippen LogP contribution in [0.2, 0.25) is 0 Å². The highest BCUT2D eigenvalue weighted by atomic mass is 79.9. The first-order valence-corrected chi connectivity index (χ1v) is 11.5. The van der Waals surface area contributed by atoms with Gasteiger partial charge in [0, 0.05) is 37.1 Å². The molecule has 1 saturated heterocycles. The summed E-state index contributed by atoms with van der Waals surface area (Å²) in [5, 5.41) is 8.86. The van der Waals surface area contributed by atoms with Gasteiger partial charge in [-0.05, 0) is 54.8 Å². The predicted molar refractivity (Wildman–Crippen MR) is 113 cm³/mol. The molecule has 0 bridgehead atoms. The van der Waals surface area contributed by atoms with Crippen molar-refractivity contribution >= 4 is 31.9 Å². The summed E-state index contributed by atoms with van der Waals surface area (Å²) in [6.45, 7) is 1.14. The maximum Gasteiger partial charge on any atom is 0.243 e. The van der Waals surface area contributed by atoms with E-state index in [-0.39, 0.29) is 16.7 Å². The van der Waals surface area contributed by atoms with Crippen LogP contribution in [-0.4, -0.2) is 43.7 Å². The lowest BCUT2D eigenvalue weighted by atomic mass is 9.96. The van der Waals surface area contributed by atoms with Crippen LogP contribution < -0.4 is 0 Å². The molecule has 0 unspecified atom stereocenters. The number of carbonyl (C=O) groups is 1. The number of hydrogen-bond acceptors (Lipinski definition) is 4. The summed E-state index contributed by atoms with van der Waals surface area (Å²) in [6, 6.07) is 15.7. The van der Waals surface area contributed by atoms with E-state index >= 15 is 0 Å². The number of piperidine rings is 1. The van der Waals surface area contributed by atoms with Gasteiger partial charge in [0.1, 0.15) is 0 Å². The highest BCUT2D eigenvalue weighted by Crippen LogP contribution is 2.25. The summed E-state index contributed by atoms with van der Waals surface area (Å²) >= 11 is 3.40. The van der Waals surface area contributed by atoms with E-state index in [0.29, 0.717) is 38.0 Å². The van der Waals surface area contributed by atoms with Gasteiger partial charge in [-0.2, -0.15) is 9.57 Å². The minimum Gasteiger partial charge on any atom is -0.341 e. The van der Waals surface area contributed by atoms with E-state index in [2.05, 4.69) is 15.9 Å². The molecule has 0 saturated carbocycles. The average molecular weight is 476 g/mol. The number of halogens is 1.